The van der Waals surface area contributed by atoms with Crippen LogP contribution >= 0.6 is 23.2 Å². The minimum Gasteiger partial charge on any atom is -0.341 e. The van der Waals surface area contributed by atoms with Crippen LogP contribution in [-0.2, 0) is 0 Å². The topological polar surface area (TPSA) is 28.7 Å². The van der Waals surface area contributed by atoms with E-state index in [9.17, 15) is 0 Å². The lowest BCUT2D eigenvalue weighted by molar-refractivity contribution is 1.26. The molecule has 0 bridgehead atoms. The monoisotopic (exact) mass is 302 g/mol. The number of halogens is 2. The van der Waals surface area contributed by atoms with E-state index in [-0.39, 0.29) is 0 Å². The summed E-state index contributed by atoms with van der Waals surface area (Å²) in [6.45, 7) is 1.98. The van der Waals surface area contributed by atoms with Crippen molar-refractivity contribution in [3.05, 3.63) is 64.3 Å². The first kappa shape index (κ1) is 13.2. The quantitative estimate of drug-likeness (QED) is 0.678. The third-order valence-corrected chi connectivity index (χ3v) is 3.80. The second kappa shape index (κ2) is 5.31. The molecule has 0 spiro atoms. The van der Waals surface area contributed by atoms with Crippen LogP contribution in [0.2, 0.25) is 10.0 Å². The van der Waals surface area contributed by atoms with Gasteiger partial charge in [-0.2, -0.15) is 0 Å². The second-order valence-corrected chi connectivity index (χ2v) is 5.33. The van der Waals surface area contributed by atoms with Crippen molar-refractivity contribution in [2.75, 3.05) is 0 Å². The van der Waals surface area contributed by atoms with E-state index in [4.69, 9.17) is 23.2 Å². The van der Waals surface area contributed by atoms with Gasteiger partial charge in [0.2, 0.25) is 0 Å². The number of hydrogen-bond donors (Lipinski definition) is 1. The van der Waals surface area contributed by atoms with Crippen molar-refractivity contribution >= 4 is 23.2 Å². The van der Waals surface area contributed by atoms with E-state index in [1.165, 1.54) is 0 Å². The predicted octanol–water partition coefficient (Wildman–Crippen LogP) is 5.36. The summed E-state index contributed by atoms with van der Waals surface area (Å²) in [5.74, 6) is 0.753. The maximum Gasteiger partial charge on any atom is 0.139 e. The third-order valence-electron chi connectivity index (χ3n) is 3.14. The molecule has 4 heteroatoms. The Morgan fingerprint density at radius 3 is 2.00 bits per heavy atom. The largest absolute Gasteiger partial charge is 0.341 e. The molecule has 1 heterocycles. The number of imidazole rings is 1. The highest BCUT2D eigenvalue weighted by atomic mass is 35.5. The van der Waals surface area contributed by atoms with Crippen LogP contribution in [0, 0.1) is 6.92 Å². The number of nitrogens with zero attached hydrogens (tertiary/aromatic N) is 1. The molecule has 0 saturated heterocycles. The number of rotatable bonds is 2. The van der Waals surface area contributed by atoms with Gasteiger partial charge in [-0.05, 0) is 25.1 Å². The fourth-order valence-electron chi connectivity index (χ4n) is 2.16. The minimum atomic E-state index is 0.673. The maximum atomic E-state index is 6.24. The molecule has 0 fully saturated rings. The summed E-state index contributed by atoms with van der Waals surface area (Å²) in [7, 11) is 0. The molecular weight excluding hydrogens is 291 g/mol. The molecular formula is C16H12Cl2N2. The number of aryl methyl sites for hydroxylation is 1. The maximum absolute atomic E-state index is 6.24. The summed E-state index contributed by atoms with van der Waals surface area (Å²) < 4.78 is 0. The Bertz CT molecular complexity index is 763. The number of nitrogens with one attached hydrogen (secondary N) is 1. The minimum absolute atomic E-state index is 0.673. The van der Waals surface area contributed by atoms with E-state index in [1.54, 1.807) is 0 Å². The lowest BCUT2D eigenvalue weighted by Crippen LogP contribution is -1.83. The highest BCUT2D eigenvalue weighted by Crippen LogP contribution is 2.32. The molecule has 0 aliphatic heterocycles. The zero-order valence-electron chi connectivity index (χ0n) is 10.8. The average Bonchev–Trinajstić information content (AvgIpc) is 2.81. The lowest BCUT2D eigenvalue weighted by atomic mass is 10.1. The van der Waals surface area contributed by atoms with Crippen molar-refractivity contribution in [2.24, 2.45) is 0 Å². The molecule has 3 rings (SSSR count). The number of aromatic nitrogens is 2. The van der Waals surface area contributed by atoms with Crippen molar-refractivity contribution < 1.29 is 0 Å². The number of benzene rings is 2. The van der Waals surface area contributed by atoms with E-state index >= 15 is 0 Å². The second-order valence-electron chi connectivity index (χ2n) is 4.52. The summed E-state index contributed by atoms with van der Waals surface area (Å²) in [4.78, 5) is 7.92. The first-order valence-corrected chi connectivity index (χ1v) is 6.99. The Morgan fingerprint density at radius 2 is 1.40 bits per heavy atom. The normalized spacial score (nSPS) is 10.8. The Hall–Kier alpha value is -1.77. The van der Waals surface area contributed by atoms with Crippen molar-refractivity contribution in [1.82, 2.24) is 9.97 Å². The van der Waals surface area contributed by atoms with Crippen LogP contribution < -0.4 is 0 Å². The third kappa shape index (κ3) is 2.33. The molecule has 100 valence electrons. The summed E-state index contributed by atoms with van der Waals surface area (Å²) in [5.41, 5.74) is 3.62. The van der Waals surface area contributed by atoms with Gasteiger partial charge in [0.15, 0.2) is 0 Å². The molecule has 1 N–H and O–H groups in total. The van der Waals surface area contributed by atoms with E-state index < -0.39 is 0 Å². The summed E-state index contributed by atoms with van der Waals surface area (Å²) in [6, 6.07) is 15.3. The highest BCUT2D eigenvalue weighted by Gasteiger charge is 2.14. The zero-order valence-corrected chi connectivity index (χ0v) is 12.3. The fourth-order valence-corrected chi connectivity index (χ4v) is 2.61. The van der Waals surface area contributed by atoms with E-state index in [0.29, 0.717) is 10.0 Å². The molecule has 2 aromatic carbocycles. The molecule has 0 aliphatic rings. The van der Waals surface area contributed by atoms with Crippen LogP contribution in [0.15, 0.2) is 48.5 Å². The molecule has 20 heavy (non-hydrogen) atoms. The average molecular weight is 303 g/mol. The molecule has 1 aromatic heterocycles. The first-order valence-electron chi connectivity index (χ1n) is 6.23. The van der Waals surface area contributed by atoms with E-state index in [2.05, 4.69) is 9.97 Å². The van der Waals surface area contributed by atoms with Crippen molar-refractivity contribution in [3.63, 3.8) is 0 Å². The first-order chi connectivity index (χ1) is 9.66. The van der Waals surface area contributed by atoms with Gasteiger partial charge in [-0.1, -0.05) is 53.5 Å². The molecule has 2 nitrogen and oxygen atoms in total. The standard InChI is InChI=1S/C16H12Cl2N2/c1-10-15(11-6-2-4-8-13(11)17)20-16(19-10)12-7-3-5-9-14(12)18/h2-9H,1H3,(H,19,20). The smallest absolute Gasteiger partial charge is 0.139 e. The Morgan fingerprint density at radius 1 is 0.850 bits per heavy atom. The molecule has 0 radical (unpaired) electrons. The molecule has 0 unspecified atom stereocenters. The van der Waals surface area contributed by atoms with Crippen LogP contribution in [-0.4, -0.2) is 9.97 Å². The lowest BCUT2D eigenvalue weighted by Gasteiger charge is -2.01. The van der Waals surface area contributed by atoms with E-state index in [1.807, 2.05) is 55.5 Å². The van der Waals surface area contributed by atoms with Crippen molar-refractivity contribution in [1.29, 1.82) is 0 Å². The number of hydrogen-bond acceptors (Lipinski definition) is 1. The SMILES string of the molecule is Cc1[nH]c(-c2ccccc2Cl)nc1-c1ccccc1Cl. The van der Waals surface area contributed by atoms with Gasteiger partial charge in [0.05, 0.1) is 15.7 Å². The van der Waals surface area contributed by atoms with Gasteiger partial charge in [-0.3, -0.25) is 0 Å². The van der Waals surface area contributed by atoms with Gasteiger partial charge in [0.25, 0.3) is 0 Å². The Balaban J connectivity index is 2.13. The predicted molar refractivity (Wildman–Crippen MR) is 84.2 cm³/mol. The number of aromatic amines is 1. The van der Waals surface area contributed by atoms with Gasteiger partial charge < -0.3 is 4.98 Å². The number of H-pyrrole nitrogens is 1. The van der Waals surface area contributed by atoms with Crippen LogP contribution in [0.1, 0.15) is 5.69 Å². The molecule has 0 amide bonds. The summed E-state index contributed by atoms with van der Waals surface area (Å²) >= 11 is 12.4. The fraction of sp³-hybridized carbons (Fsp3) is 0.0625. The molecule has 0 aliphatic carbocycles. The molecule has 0 saturated carbocycles. The van der Waals surface area contributed by atoms with Crippen LogP contribution in [0.25, 0.3) is 22.6 Å². The summed E-state index contributed by atoms with van der Waals surface area (Å²) in [6.07, 6.45) is 0. The van der Waals surface area contributed by atoms with Crippen LogP contribution in [0.4, 0.5) is 0 Å². The molecule has 3 aromatic rings. The van der Waals surface area contributed by atoms with Crippen molar-refractivity contribution in [3.8, 4) is 22.6 Å². The Labute approximate surface area is 127 Å². The van der Waals surface area contributed by atoms with Gasteiger partial charge in [-0.15, -0.1) is 0 Å². The Kier molecular flexibility index (Phi) is 3.51. The van der Waals surface area contributed by atoms with E-state index in [0.717, 1.165) is 28.3 Å². The van der Waals surface area contributed by atoms with Crippen molar-refractivity contribution in [2.45, 2.75) is 6.92 Å². The van der Waals surface area contributed by atoms with Crippen LogP contribution in [0.3, 0.4) is 0 Å². The van der Waals surface area contributed by atoms with Gasteiger partial charge in [-0.25, -0.2) is 4.98 Å². The van der Waals surface area contributed by atoms with Gasteiger partial charge in [0, 0.05) is 16.8 Å². The van der Waals surface area contributed by atoms with Gasteiger partial charge in [0.1, 0.15) is 5.82 Å². The van der Waals surface area contributed by atoms with Crippen LogP contribution in [0.5, 0.6) is 0 Å². The summed E-state index contributed by atoms with van der Waals surface area (Å²) in [5, 5.41) is 1.36. The zero-order chi connectivity index (χ0) is 14.1. The molecule has 0 atom stereocenters. The van der Waals surface area contributed by atoms with Gasteiger partial charge >= 0.3 is 0 Å². The highest BCUT2D eigenvalue weighted by molar-refractivity contribution is 6.33.